The highest BCUT2D eigenvalue weighted by Gasteiger charge is 2.21. The Bertz CT molecular complexity index is 942. The Hall–Kier alpha value is -2.42. The van der Waals surface area contributed by atoms with Crippen LogP contribution >= 0.6 is 0 Å². The van der Waals surface area contributed by atoms with E-state index in [2.05, 4.69) is 110 Å². The molecule has 0 saturated carbocycles. The number of benzene rings is 3. The Labute approximate surface area is 166 Å². The molecule has 3 aromatic carbocycles. The molecule has 1 atom stereocenters. The Balaban J connectivity index is 2.23. The van der Waals surface area contributed by atoms with Gasteiger partial charge >= 0.3 is 0 Å². The van der Waals surface area contributed by atoms with Crippen molar-refractivity contribution < 1.29 is 4.43 Å². The van der Waals surface area contributed by atoms with Gasteiger partial charge in [0.05, 0.1) is 0 Å². The van der Waals surface area contributed by atoms with Gasteiger partial charge in [-0.1, -0.05) is 78.9 Å². The van der Waals surface area contributed by atoms with Crippen molar-refractivity contribution in [3.8, 4) is 0 Å². The monoisotopic (exact) mass is 369 g/mol. The highest BCUT2D eigenvalue weighted by atomic mass is 28.2. The third-order valence-corrected chi connectivity index (χ3v) is 5.31. The number of hydrogen-bond acceptors (Lipinski definition) is 1. The van der Waals surface area contributed by atoms with E-state index in [0.717, 1.165) is 0 Å². The first kappa shape index (κ1) is 19.3. The average molecular weight is 370 g/mol. The van der Waals surface area contributed by atoms with E-state index in [-0.39, 0.29) is 5.92 Å². The molecule has 1 unspecified atom stereocenters. The van der Waals surface area contributed by atoms with Crippen molar-refractivity contribution >= 4 is 22.1 Å². The molecule has 27 heavy (non-hydrogen) atoms. The lowest BCUT2D eigenvalue weighted by molar-refractivity contribution is 0.339. The van der Waals surface area contributed by atoms with Crippen LogP contribution in [-0.4, -0.2) is 17.1 Å². The van der Waals surface area contributed by atoms with E-state index in [1.165, 1.54) is 39.0 Å². The van der Waals surface area contributed by atoms with E-state index in [4.69, 9.17) is 4.43 Å². The highest BCUT2D eigenvalue weighted by molar-refractivity contribution is 5.98. The fraction of sp³-hybridized carbons (Fsp3) is 0.200. The van der Waals surface area contributed by atoms with E-state index < -0.39 is 0 Å². The lowest BCUT2D eigenvalue weighted by Crippen LogP contribution is -2.12. The van der Waals surface area contributed by atoms with Crippen molar-refractivity contribution in [3.63, 3.8) is 0 Å². The summed E-state index contributed by atoms with van der Waals surface area (Å²) in [6, 6.07) is 25.7. The molecule has 0 aromatic heterocycles. The maximum absolute atomic E-state index is 5.49. The van der Waals surface area contributed by atoms with Gasteiger partial charge in [-0.25, -0.2) is 0 Å². The molecule has 0 bridgehead atoms. The van der Waals surface area contributed by atoms with Gasteiger partial charge in [-0.2, -0.15) is 0 Å². The SMILES string of the molecule is Cc1ccccc1C=C(c1ccccc1C)C(CO[Si])c1ccccc1C. The molecule has 0 aliphatic heterocycles. The van der Waals surface area contributed by atoms with Crippen molar-refractivity contribution in [1.82, 2.24) is 0 Å². The zero-order valence-electron chi connectivity index (χ0n) is 16.2. The normalized spacial score (nSPS) is 12.8. The van der Waals surface area contributed by atoms with Crippen molar-refractivity contribution in [2.45, 2.75) is 26.7 Å². The predicted octanol–water partition coefficient (Wildman–Crippen LogP) is 6.04. The van der Waals surface area contributed by atoms with E-state index in [1.54, 1.807) is 0 Å². The molecule has 1 nitrogen and oxygen atoms in total. The molecular formula is C25H25OSi. The number of hydrogen-bond donors (Lipinski definition) is 0. The zero-order chi connectivity index (χ0) is 19.2. The van der Waals surface area contributed by atoms with Gasteiger partial charge in [0.2, 0.25) is 10.5 Å². The van der Waals surface area contributed by atoms with Crippen LogP contribution in [0.3, 0.4) is 0 Å². The van der Waals surface area contributed by atoms with Gasteiger partial charge in [0.15, 0.2) is 0 Å². The molecular weight excluding hydrogens is 344 g/mol. The maximum Gasteiger partial charge on any atom is 0.246 e. The minimum Gasteiger partial charge on any atom is -0.418 e. The largest absolute Gasteiger partial charge is 0.418 e. The molecule has 3 rings (SSSR count). The molecule has 135 valence electrons. The van der Waals surface area contributed by atoms with Gasteiger partial charge in [-0.15, -0.1) is 0 Å². The summed E-state index contributed by atoms with van der Waals surface area (Å²) >= 11 is 0. The van der Waals surface area contributed by atoms with Gasteiger partial charge in [-0.05, 0) is 59.7 Å². The van der Waals surface area contributed by atoms with Gasteiger partial charge in [0.1, 0.15) is 0 Å². The minimum absolute atomic E-state index is 0.129. The lowest BCUT2D eigenvalue weighted by Gasteiger charge is -2.24. The fourth-order valence-electron chi connectivity index (χ4n) is 3.59. The lowest BCUT2D eigenvalue weighted by atomic mass is 9.82. The summed E-state index contributed by atoms with van der Waals surface area (Å²) in [6.07, 6.45) is 2.32. The summed E-state index contributed by atoms with van der Waals surface area (Å²) in [7, 11) is 3.26. The molecule has 0 aliphatic carbocycles. The first-order chi connectivity index (χ1) is 13.1. The van der Waals surface area contributed by atoms with Gasteiger partial charge in [0.25, 0.3) is 0 Å². The van der Waals surface area contributed by atoms with E-state index in [0.29, 0.717) is 6.61 Å². The standard InChI is InChI=1S/C25H25OSi/c1-18-10-4-7-13-21(18)16-24(22-14-8-5-11-19(22)2)25(17-26-27)23-15-9-6-12-20(23)3/h4-16,25H,17H2,1-3H3. The summed E-state index contributed by atoms with van der Waals surface area (Å²) in [6.45, 7) is 7.06. The van der Waals surface area contributed by atoms with Gasteiger partial charge in [-0.3, -0.25) is 0 Å². The van der Waals surface area contributed by atoms with Gasteiger partial charge in [0, 0.05) is 12.5 Å². The molecule has 0 spiro atoms. The summed E-state index contributed by atoms with van der Waals surface area (Å²) < 4.78 is 5.49. The number of rotatable bonds is 6. The van der Waals surface area contributed by atoms with Crippen molar-refractivity contribution in [2.75, 3.05) is 6.61 Å². The smallest absolute Gasteiger partial charge is 0.246 e. The van der Waals surface area contributed by atoms with E-state index in [9.17, 15) is 0 Å². The second kappa shape index (κ2) is 8.98. The maximum atomic E-state index is 5.49. The topological polar surface area (TPSA) is 9.23 Å². The average Bonchev–Trinajstić information content (AvgIpc) is 2.67. The molecule has 0 fully saturated rings. The van der Waals surface area contributed by atoms with Crippen LogP contribution in [0.25, 0.3) is 11.6 Å². The first-order valence-electron chi connectivity index (χ1n) is 9.29. The Kier molecular flexibility index (Phi) is 6.43. The van der Waals surface area contributed by atoms with Crippen LogP contribution in [0.5, 0.6) is 0 Å². The molecule has 0 aliphatic rings. The van der Waals surface area contributed by atoms with Crippen molar-refractivity contribution in [2.24, 2.45) is 0 Å². The number of aryl methyl sites for hydroxylation is 3. The van der Waals surface area contributed by atoms with Crippen LogP contribution in [0.15, 0.2) is 72.8 Å². The molecule has 3 radical (unpaired) electrons. The van der Waals surface area contributed by atoms with Crippen LogP contribution in [0.2, 0.25) is 0 Å². The predicted molar refractivity (Wildman–Crippen MR) is 116 cm³/mol. The van der Waals surface area contributed by atoms with Crippen molar-refractivity contribution in [1.29, 1.82) is 0 Å². The summed E-state index contributed by atoms with van der Waals surface area (Å²) in [5.74, 6) is 0.129. The summed E-state index contributed by atoms with van der Waals surface area (Å²) in [4.78, 5) is 0. The highest BCUT2D eigenvalue weighted by Crippen LogP contribution is 2.37. The van der Waals surface area contributed by atoms with Crippen LogP contribution in [-0.2, 0) is 4.43 Å². The van der Waals surface area contributed by atoms with E-state index in [1.807, 2.05) is 0 Å². The second-order valence-corrected chi connectivity index (χ2v) is 7.28. The Morgan fingerprint density at radius 2 is 1.41 bits per heavy atom. The summed E-state index contributed by atoms with van der Waals surface area (Å²) in [5.41, 5.74) is 8.88. The van der Waals surface area contributed by atoms with Gasteiger partial charge < -0.3 is 4.43 Å². The zero-order valence-corrected chi connectivity index (χ0v) is 17.2. The summed E-state index contributed by atoms with van der Waals surface area (Å²) in [5, 5.41) is 0. The van der Waals surface area contributed by atoms with Crippen LogP contribution in [0.4, 0.5) is 0 Å². The van der Waals surface area contributed by atoms with Crippen LogP contribution in [0.1, 0.15) is 39.3 Å². The fourth-order valence-corrected chi connectivity index (χ4v) is 3.75. The second-order valence-electron chi connectivity index (χ2n) is 6.99. The molecule has 0 heterocycles. The third-order valence-electron chi connectivity index (χ3n) is 5.14. The quantitative estimate of drug-likeness (QED) is 0.380. The minimum atomic E-state index is 0.129. The molecule has 3 aromatic rings. The van der Waals surface area contributed by atoms with Crippen LogP contribution in [0, 0.1) is 20.8 Å². The van der Waals surface area contributed by atoms with Crippen molar-refractivity contribution in [3.05, 3.63) is 106 Å². The molecule has 2 heteroatoms. The van der Waals surface area contributed by atoms with E-state index >= 15 is 0 Å². The molecule has 0 N–H and O–H groups in total. The van der Waals surface area contributed by atoms with Crippen LogP contribution < -0.4 is 0 Å². The Morgan fingerprint density at radius 1 is 0.815 bits per heavy atom. The first-order valence-corrected chi connectivity index (χ1v) is 9.70. The molecule has 0 amide bonds. The third kappa shape index (κ3) is 4.47. The molecule has 0 saturated heterocycles. The Morgan fingerprint density at radius 3 is 2.04 bits per heavy atom.